The van der Waals surface area contributed by atoms with Gasteiger partial charge < -0.3 is 19.5 Å². The van der Waals surface area contributed by atoms with Gasteiger partial charge in [0.15, 0.2) is 0 Å². The molecule has 1 aliphatic carbocycles. The zero-order valence-electron chi connectivity index (χ0n) is 18.4. The minimum absolute atomic E-state index is 0.125. The van der Waals surface area contributed by atoms with Gasteiger partial charge in [0.1, 0.15) is 6.61 Å². The monoisotopic (exact) mass is 413 g/mol. The highest BCUT2D eigenvalue weighted by Crippen LogP contribution is 2.24. The van der Waals surface area contributed by atoms with E-state index in [1.165, 1.54) is 32.1 Å². The van der Waals surface area contributed by atoms with Gasteiger partial charge in [-0.25, -0.2) is 4.79 Å². The second-order valence-electron chi connectivity index (χ2n) is 8.43. The van der Waals surface area contributed by atoms with E-state index in [1.807, 2.05) is 20.8 Å². The summed E-state index contributed by atoms with van der Waals surface area (Å²) in [5, 5.41) is 2.55. The summed E-state index contributed by atoms with van der Waals surface area (Å²) in [6.45, 7) is 6.79. The fourth-order valence-corrected chi connectivity index (χ4v) is 3.04. The maximum absolute atomic E-state index is 11.8. The highest BCUT2D eigenvalue weighted by molar-refractivity contribution is 5.75. The maximum atomic E-state index is 11.8. The van der Waals surface area contributed by atoms with Gasteiger partial charge in [-0.15, -0.1) is 0 Å². The highest BCUT2D eigenvalue weighted by Gasteiger charge is 2.26. The van der Waals surface area contributed by atoms with Gasteiger partial charge >= 0.3 is 18.0 Å². The Kier molecular flexibility index (Phi) is 12.4. The van der Waals surface area contributed by atoms with Crippen molar-refractivity contribution in [3.63, 3.8) is 0 Å². The Bertz CT molecular complexity index is 500. The molecule has 1 rings (SSSR count). The van der Waals surface area contributed by atoms with Crippen molar-refractivity contribution in [3.8, 4) is 0 Å². The summed E-state index contributed by atoms with van der Waals surface area (Å²) in [6.07, 6.45) is 8.96. The second-order valence-corrected chi connectivity index (χ2v) is 8.43. The van der Waals surface area contributed by atoms with E-state index in [0.717, 1.165) is 12.8 Å². The number of ether oxygens (including phenoxy) is 3. The number of unbranched alkanes of at least 4 members (excludes halogenated alkanes) is 2. The first-order valence-electron chi connectivity index (χ1n) is 11.1. The Balaban J connectivity index is 1.93. The van der Waals surface area contributed by atoms with Crippen LogP contribution < -0.4 is 5.32 Å². The molecule has 0 unspecified atom stereocenters. The molecule has 1 saturated carbocycles. The number of nitrogens with one attached hydrogen (secondary N) is 1. The van der Waals surface area contributed by atoms with Gasteiger partial charge in [-0.3, -0.25) is 9.59 Å². The van der Waals surface area contributed by atoms with Crippen molar-refractivity contribution < 1.29 is 28.6 Å². The predicted molar refractivity (Wildman–Crippen MR) is 110 cm³/mol. The van der Waals surface area contributed by atoms with Crippen molar-refractivity contribution in [1.82, 2.24) is 5.32 Å². The highest BCUT2D eigenvalue weighted by atomic mass is 16.6. The molecule has 0 spiro atoms. The van der Waals surface area contributed by atoms with Crippen LogP contribution in [0, 0.1) is 11.3 Å². The van der Waals surface area contributed by atoms with Crippen LogP contribution in [0.1, 0.15) is 85.0 Å². The van der Waals surface area contributed by atoms with Crippen LogP contribution in [-0.4, -0.2) is 44.4 Å². The van der Waals surface area contributed by atoms with Crippen molar-refractivity contribution in [2.24, 2.45) is 11.3 Å². The average Bonchev–Trinajstić information content (AvgIpc) is 2.72. The molecule has 0 aromatic heterocycles. The summed E-state index contributed by atoms with van der Waals surface area (Å²) in [4.78, 5) is 35.1. The zero-order chi connectivity index (χ0) is 21.5. The van der Waals surface area contributed by atoms with Gasteiger partial charge in [-0.1, -0.05) is 26.2 Å². The number of alkyl carbamates (subject to hydrolysis) is 1. The molecule has 1 N–H and O–H groups in total. The third-order valence-electron chi connectivity index (χ3n) is 5.50. The van der Waals surface area contributed by atoms with Gasteiger partial charge in [-0.05, 0) is 58.3 Å². The third-order valence-corrected chi connectivity index (χ3v) is 5.50. The number of hydrogen-bond acceptors (Lipinski definition) is 6. The molecular weight excluding hydrogens is 374 g/mol. The summed E-state index contributed by atoms with van der Waals surface area (Å²) in [7, 11) is 0. The lowest BCUT2D eigenvalue weighted by molar-refractivity contribution is -0.154. The lowest BCUT2D eigenvalue weighted by atomic mass is 9.90. The first-order valence-corrected chi connectivity index (χ1v) is 11.1. The summed E-state index contributed by atoms with van der Waals surface area (Å²) < 4.78 is 15.6. The van der Waals surface area contributed by atoms with E-state index < -0.39 is 11.5 Å². The van der Waals surface area contributed by atoms with Crippen molar-refractivity contribution in [2.45, 2.75) is 85.0 Å². The fraction of sp³-hybridized carbons (Fsp3) is 0.864. The van der Waals surface area contributed by atoms with Gasteiger partial charge in [0.05, 0.1) is 25.2 Å². The SMILES string of the molecule is CCC(C)(C)C(=O)OCCNC(=O)OCCCCCC(=O)OCC1CCCCC1. The quantitative estimate of drug-likeness (QED) is 0.274. The summed E-state index contributed by atoms with van der Waals surface area (Å²) in [5.41, 5.74) is -0.511. The fourth-order valence-electron chi connectivity index (χ4n) is 3.04. The number of hydrogen-bond donors (Lipinski definition) is 1. The van der Waals surface area contributed by atoms with E-state index in [9.17, 15) is 14.4 Å². The van der Waals surface area contributed by atoms with E-state index >= 15 is 0 Å². The Morgan fingerprint density at radius 1 is 0.931 bits per heavy atom. The van der Waals surface area contributed by atoms with Crippen molar-refractivity contribution >= 4 is 18.0 Å². The first-order chi connectivity index (χ1) is 13.8. The first kappa shape index (κ1) is 25.2. The molecule has 0 aromatic rings. The molecule has 1 amide bonds. The molecule has 7 nitrogen and oxygen atoms in total. The normalized spacial score (nSPS) is 14.9. The minimum atomic E-state index is -0.525. The number of carbonyl (C=O) groups is 3. The molecule has 0 radical (unpaired) electrons. The van der Waals surface area contributed by atoms with E-state index in [-0.39, 0.29) is 25.1 Å². The molecule has 0 atom stereocenters. The summed E-state index contributed by atoms with van der Waals surface area (Å²) in [5.74, 6) is 0.142. The zero-order valence-corrected chi connectivity index (χ0v) is 18.4. The molecule has 0 heterocycles. The largest absolute Gasteiger partial charge is 0.465 e. The molecule has 168 valence electrons. The van der Waals surface area contributed by atoms with Gasteiger partial charge in [0.25, 0.3) is 0 Å². The third kappa shape index (κ3) is 11.7. The maximum Gasteiger partial charge on any atom is 0.407 e. The molecular formula is C22H39NO6. The van der Waals surface area contributed by atoms with Gasteiger partial charge in [0, 0.05) is 6.42 Å². The van der Waals surface area contributed by atoms with Crippen LogP contribution in [0.15, 0.2) is 0 Å². The molecule has 1 fully saturated rings. The van der Waals surface area contributed by atoms with Crippen molar-refractivity contribution in [2.75, 3.05) is 26.4 Å². The Morgan fingerprint density at radius 3 is 2.34 bits per heavy atom. The van der Waals surface area contributed by atoms with E-state index in [4.69, 9.17) is 14.2 Å². The van der Waals surface area contributed by atoms with E-state index in [1.54, 1.807) is 0 Å². The van der Waals surface area contributed by atoms with Crippen LogP contribution in [0.3, 0.4) is 0 Å². The van der Waals surface area contributed by atoms with Gasteiger partial charge in [-0.2, -0.15) is 0 Å². The van der Waals surface area contributed by atoms with E-state index in [0.29, 0.717) is 38.4 Å². The summed E-state index contributed by atoms with van der Waals surface area (Å²) >= 11 is 0. The molecule has 0 saturated heterocycles. The standard InChI is InChI=1S/C22H39NO6/c1-4-22(2,3)20(25)27-16-14-23-21(26)28-15-10-6-9-13-19(24)29-17-18-11-7-5-8-12-18/h18H,4-17H2,1-3H3,(H,23,26). The molecule has 0 aliphatic heterocycles. The lowest BCUT2D eigenvalue weighted by Gasteiger charge is -2.21. The van der Waals surface area contributed by atoms with Gasteiger partial charge in [0.2, 0.25) is 0 Å². The molecule has 29 heavy (non-hydrogen) atoms. The molecule has 1 aliphatic rings. The molecule has 0 aromatic carbocycles. The van der Waals surface area contributed by atoms with Crippen LogP contribution in [-0.2, 0) is 23.8 Å². The Hall–Kier alpha value is -1.79. The Labute approximate surface area is 175 Å². The number of carbonyl (C=O) groups excluding carboxylic acids is 3. The Morgan fingerprint density at radius 2 is 1.66 bits per heavy atom. The van der Waals surface area contributed by atoms with Crippen LogP contribution in [0.25, 0.3) is 0 Å². The smallest absolute Gasteiger partial charge is 0.407 e. The average molecular weight is 414 g/mol. The summed E-state index contributed by atoms with van der Waals surface area (Å²) in [6, 6.07) is 0. The molecule has 7 heteroatoms. The minimum Gasteiger partial charge on any atom is -0.465 e. The van der Waals surface area contributed by atoms with Crippen LogP contribution in [0.4, 0.5) is 4.79 Å². The van der Waals surface area contributed by atoms with Crippen LogP contribution in [0.2, 0.25) is 0 Å². The van der Waals surface area contributed by atoms with E-state index in [2.05, 4.69) is 5.32 Å². The number of amides is 1. The molecule has 0 bridgehead atoms. The number of rotatable bonds is 13. The van der Waals surface area contributed by atoms with Crippen molar-refractivity contribution in [3.05, 3.63) is 0 Å². The van der Waals surface area contributed by atoms with Crippen molar-refractivity contribution in [1.29, 1.82) is 0 Å². The van der Waals surface area contributed by atoms with Crippen LogP contribution in [0.5, 0.6) is 0 Å². The number of esters is 2. The lowest BCUT2D eigenvalue weighted by Crippen LogP contribution is -2.32. The topological polar surface area (TPSA) is 90.9 Å². The van der Waals surface area contributed by atoms with Crippen LogP contribution >= 0.6 is 0 Å². The predicted octanol–water partition coefficient (Wildman–Crippen LogP) is 4.38. The second kappa shape index (κ2) is 14.2.